The lowest BCUT2D eigenvalue weighted by Crippen LogP contribution is -2.32. The molecular formula is C55H69N3O9. The molecule has 0 aliphatic heterocycles. The Morgan fingerprint density at radius 3 is 1.27 bits per heavy atom. The van der Waals surface area contributed by atoms with Gasteiger partial charge in [0, 0.05) is 26.1 Å². The van der Waals surface area contributed by atoms with Crippen molar-refractivity contribution < 1.29 is 43.2 Å². The average Bonchev–Trinajstić information content (AvgIpc) is 3.27. The van der Waals surface area contributed by atoms with Crippen LogP contribution in [0, 0.1) is 48.4 Å². The molecule has 0 atom stereocenters. The quantitative estimate of drug-likeness (QED) is 0.0605. The van der Waals surface area contributed by atoms with Gasteiger partial charge in [-0.15, -0.1) is 12.8 Å². The van der Waals surface area contributed by atoms with E-state index >= 15 is 0 Å². The maximum absolute atomic E-state index is 13.1. The number of rotatable bonds is 21. The topological polar surface area (TPSA) is 154 Å². The zero-order valence-electron chi connectivity index (χ0n) is 40.9. The molecule has 0 aliphatic carbocycles. The Balaban J connectivity index is 2.13. The van der Waals surface area contributed by atoms with E-state index in [0.717, 1.165) is 19.3 Å². The van der Waals surface area contributed by atoms with Crippen molar-refractivity contribution in [1.29, 1.82) is 0 Å². The zero-order valence-corrected chi connectivity index (χ0v) is 40.9. The Bertz CT molecular complexity index is 2230. The molecule has 4 N–H and O–H groups in total. The summed E-state index contributed by atoms with van der Waals surface area (Å²) in [5.41, 5.74) is 3.13. The van der Waals surface area contributed by atoms with Crippen LogP contribution in [0.5, 0.6) is 17.2 Å². The summed E-state index contributed by atoms with van der Waals surface area (Å²) in [6.07, 6.45) is 21.4. The summed E-state index contributed by atoms with van der Waals surface area (Å²) in [4.78, 5) is 38.1. The van der Waals surface area contributed by atoms with Crippen molar-refractivity contribution >= 4 is 18.1 Å². The summed E-state index contributed by atoms with van der Waals surface area (Å²) in [6, 6.07) is 10.6. The molecule has 0 saturated carbocycles. The number of hydrogen-bond donors (Lipinski definition) is 4. The highest BCUT2D eigenvalue weighted by Crippen LogP contribution is 2.30. The number of unbranched alkanes of at least 4 members (excludes halogenated alkanes) is 8. The Hall–Kier alpha value is -6.73. The SMILES string of the molecule is C#Cc1cc(CNC(=O)OC(C)(C)C)cc(C#Cc2cc(CNC(=O)CCCCCCCCCCC)cc(C#Cc3cc(CNC(=O)OC(C)(C)C)cc(C#C)c3OC)c2OCCO)c1OC. The van der Waals surface area contributed by atoms with E-state index in [-0.39, 0.29) is 44.5 Å². The van der Waals surface area contributed by atoms with Gasteiger partial charge in [0.05, 0.1) is 54.2 Å². The van der Waals surface area contributed by atoms with Gasteiger partial charge in [-0.3, -0.25) is 4.79 Å². The largest absolute Gasteiger partial charge is 0.494 e. The number of nitrogens with one attached hydrogen (secondary N) is 3. The first kappa shape index (κ1) is 54.6. The van der Waals surface area contributed by atoms with E-state index in [2.05, 4.69) is 58.4 Å². The van der Waals surface area contributed by atoms with Gasteiger partial charge >= 0.3 is 12.2 Å². The lowest BCUT2D eigenvalue weighted by Gasteiger charge is -2.20. The second kappa shape index (κ2) is 27.7. The minimum Gasteiger partial charge on any atom is -0.494 e. The third kappa shape index (κ3) is 19.7. The number of benzene rings is 3. The van der Waals surface area contributed by atoms with Crippen molar-refractivity contribution in [2.45, 2.75) is 144 Å². The lowest BCUT2D eigenvalue weighted by molar-refractivity contribution is -0.121. The van der Waals surface area contributed by atoms with Crippen LogP contribution >= 0.6 is 0 Å². The van der Waals surface area contributed by atoms with E-state index in [1.807, 2.05) is 0 Å². The van der Waals surface area contributed by atoms with Crippen molar-refractivity contribution in [3.8, 4) is 65.6 Å². The molecule has 0 aromatic heterocycles. The molecule has 67 heavy (non-hydrogen) atoms. The van der Waals surface area contributed by atoms with E-state index in [1.165, 1.54) is 52.7 Å². The van der Waals surface area contributed by atoms with E-state index in [1.54, 1.807) is 77.9 Å². The van der Waals surface area contributed by atoms with Gasteiger partial charge in [-0.1, -0.05) is 93.8 Å². The molecule has 3 aromatic rings. The van der Waals surface area contributed by atoms with Crippen LogP contribution < -0.4 is 30.2 Å². The van der Waals surface area contributed by atoms with Crippen LogP contribution in [0.4, 0.5) is 9.59 Å². The Morgan fingerprint density at radius 2 is 0.910 bits per heavy atom. The molecule has 358 valence electrons. The first-order valence-corrected chi connectivity index (χ1v) is 22.9. The highest BCUT2D eigenvalue weighted by Gasteiger charge is 2.19. The molecule has 12 nitrogen and oxygen atoms in total. The van der Waals surface area contributed by atoms with E-state index in [4.69, 9.17) is 36.5 Å². The van der Waals surface area contributed by atoms with Gasteiger partial charge in [0.25, 0.3) is 0 Å². The minimum absolute atomic E-state index is 0.0736. The number of methoxy groups -OCH3 is 2. The van der Waals surface area contributed by atoms with Gasteiger partial charge in [0.2, 0.25) is 5.91 Å². The fourth-order valence-corrected chi connectivity index (χ4v) is 6.83. The van der Waals surface area contributed by atoms with Crippen LogP contribution in [0.3, 0.4) is 0 Å². The van der Waals surface area contributed by atoms with Gasteiger partial charge in [-0.25, -0.2) is 9.59 Å². The number of ether oxygens (including phenoxy) is 5. The van der Waals surface area contributed by atoms with Crippen molar-refractivity contribution in [1.82, 2.24) is 16.0 Å². The van der Waals surface area contributed by atoms with Gasteiger partial charge in [-0.2, -0.15) is 0 Å². The molecule has 0 saturated heterocycles. The van der Waals surface area contributed by atoms with E-state index in [0.29, 0.717) is 68.0 Å². The smallest absolute Gasteiger partial charge is 0.407 e. The molecule has 3 aromatic carbocycles. The number of alkyl carbamates (subject to hydrolysis) is 2. The molecule has 3 amide bonds. The second-order valence-electron chi connectivity index (χ2n) is 17.9. The van der Waals surface area contributed by atoms with Gasteiger partial charge in [0.15, 0.2) is 5.75 Å². The summed E-state index contributed by atoms with van der Waals surface area (Å²) in [6.45, 7) is 12.9. The summed E-state index contributed by atoms with van der Waals surface area (Å²) < 4.78 is 28.4. The van der Waals surface area contributed by atoms with Crippen molar-refractivity contribution in [2.24, 2.45) is 0 Å². The summed E-state index contributed by atoms with van der Waals surface area (Å²) in [5.74, 6) is 19.0. The van der Waals surface area contributed by atoms with Crippen molar-refractivity contribution in [3.63, 3.8) is 0 Å². The average molecular weight is 916 g/mol. The van der Waals surface area contributed by atoms with Gasteiger partial charge < -0.3 is 44.7 Å². The third-order valence-electron chi connectivity index (χ3n) is 9.84. The molecule has 12 heteroatoms. The van der Waals surface area contributed by atoms with Crippen LogP contribution in [-0.2, 0) is 33.9 Å². The molecule has 0 fully saturated rings. The van der Waals surface area contributed by atoms with Gasteiger partial charge in [-0.05, 0) is 101 Å². The fourth-order valence-electron chi connectivity index (χ4n) is 6.83. The number of carbonyl (C=O) groups excluding carboxylic acids is 3. The number of aliphatic hydroxyl groups is 1. The minimum atomic E-state index is -0.685. The standard InChI is InChI=1S/C55H69N3O9/c1-12-15-16-17-18-19-20-21-22-23-48(60)56-36-41-34-46(26-24-44-32-39(30-42(13-2)49(44)63-10)37-57-52(61)66-54(4,5)6)51(65-29-28-59)47(35-41)27-25-45-33-40(31-43(14-3)50(45)64-11)38-58-53(62)67-55(7,8)9/h2-3,30-35,59H,12,15-23,28-29,36-38H2,1,4-11H3,(H,56,60)(H,57,61)(H,58,62). The first-order valence-electron chi connectivity index (χ1n) is 22.9. The number of hydrogen-bond acceptors (Lipinski definition) is 9. The third-order valence-corrected chi connectivity index (χ3v) is 9.84. The molecule has 0 heterocycles. The highest BCUT2D eigenvalue weighted by molar-refractivity contribution is 5.76. The lowest BCUT2D eigenvalue weighted by atomic mass is 10.0. The highest BCUT2D eigenvalue weighted by atomic mass is 16.6. The first-order chi connectivity index (χ1) is 31.9. The van der Waals surface area contributed by atoms with Crippen LogP contribution in [0.15, 0.2) is 36.4 Å². The predicted octanol–water partition coefficient (Wildman–Crippen LogP) is 9.42. The molecule has 0 radical (unpaired) electrons. The van der Waals surface area contributed by atoms with E-state index in [9.17, 15) is 19.5 Å². The normalized spacial score (nSPS) is 10.7. The molecule has 3 rings (SSSR count). The summed E-state index contributed by atoms with van der Waals surface area (Å²) in [7, 11) is 2.98. The number of amides is 3. The summed E-state index contributed by atoms with van der Waals surface area (Å²) >= 11 is 0. The maximum atomic E-state index is 13.1. The fraction of sp³-hybridized carbons (Fsp3) is 0.473. The van der Waals surface area contributed by atoms with Crippen LogP contribution in [-0.4, -0.2) is 61.8 Å². The summed E-state index contributed by atoms with van der Waals surface area (Å²) in [5, 5.41) is 18.5. The molecule has 0 aliphatic rings. The maximum Gasteiger partial charge on any atom is 0.407 e. The number of terminal acetylenes is 2. The second-order valence-corrected chi connectivity index (χ2v) is 17.9. The van der Waals surface area contributed by atoms with Crippen molar-refractivity contribution in [3.05, 3.63) is 86.5 Å². The Morgan fingerprint density at radius 1 is 0.552 bits per heavy atom. The molecule has 0 spiro atoms. The Kier molecular flexibility index (Phi) is 22.6. The number of aliphatic hydroxyl groups excluding tert-OH is 1. The molecule has 0 unspecified atom stereocenters. The number of carbonyl (C=O) groups is 3. The van der Waals surface area contributed by atoms with E-state index < -0.39 is 23.4 Å². The Labute approximate surface area is 399 Å². The van der Waals surface area contributed by atoms with Crippen LogP contribution in [0.2, 0.25) is 0 Å². The van der Waals surface area contributed by atoms with Gasteiger partial charge in [0.1, 0.15) is 29.3 Å². The molecular weight excluding hydrogens is 847 g/mol. The molecule has 0 bridgehead atoms. The van der Waals surface area contributed by atoms with Crippen LogP contribution in [0.1, 0.15) is 163 Å². The predicted molar refractivity (Wildman–Crippen MR) is 263 cm³/mol. The monoisotopic (exact) mass is 916 g/mol. The zero-order chi connectivity index (χ0) is 49.4. The van der Waals surface area contributed by atoms with Crippen LogP contribution in [0.25, 0.3) is 0 Å². The van der Waals surface area contributed by atoms with Crippen molar-refractivity contribution in [2.75, 3.05) is 27.4 Å².